The van der Waals surface area contributed by atoms with Crippen LogP contribution in [0, 0.1) is 0 Å². The maximum absolute atomic E-state index is 6.66. The molecule has 1 heterocycles. The number of unbranched alkanes of at least 4 members (excludes halogenated alkanes) is 15. The Kier molecular flexibility index (Phi) is 18.7. The van der Waals surface area contributed by atoms with Gasteiger partial charge in [0.1, 0.15) is 0 Å². The minimum absolute atomic E-state index is 0.250. The van der Waals surface area contributed by atoms with Crippen LogP contribution in [0.4, 0.5) is 0 Å². The summed E-state index contributed by atoms with van der Waals surface area (Å²) in [5.41, 5.74) is 0.865. The quantitative estimate of drug-likeness (QED) is 0.0796. The van der Waals surface area contributed by atoms with Crippen molar-refractivity contribution in [3.63, 3.8) is 0 Å². The predicted molar refractivity (Wildman–Crippen MR) is 191 cm³/mol. The molecule has 0 aromatic heterocycles. The van der Waals surface area contributed by atoms with Gasteiger partial charge in [-0.3, -0.25) is 0 Å². The van der Waals surface area contributed by atoms with Gasteiger partial charge in [0.2, 0.25) is 0 Å². The summed E-state index contributed by atoms with van der Waals surface area (Å²) >= 11 is -2.86. The van der Waals surface area contributed by atoms with E-state index in [1.54, 1.807) is 3.59 Å². The second-order valence-corrected chi connectivity index (χ2v) is 27.5. The molecule has 4 heteroatoms. The first-order valence-corrected chi connectivity index (χ1v) is 25.8. The summed E-state index contributed by atoms with van der Waals surface area (Å²) in [6.07, 6.45) is 25.1. The van der Waals surface area contributed by atoms with E-state index in [-0.39, 0.29) is 18.3 Å². The molecule has 0 N–H and O–H groups in total. The molecular weight excluding hydrogens is 618 g/mol. The molecule has 0 aliphatic carbocycles. The summed E-state index contributed by atoms with van der Waals surface area (Å²) in [4.78, 5) is 0. The summed E-state index contributed by atoms with van der Waals surface area (Å²) in [7, 11) is -0.250. The molecule has 240 valence electrons. The molecule has 42 heavy (non-hydrogen) atoms. The molecule has 0 amide bonds. The van der Waals surface area contributed by atoms with Crippen molar-refractivity contribution in [1.82, 2.24) is 0 Å². The Balaban J connectivity index is 2.43. The first kappa shape index (κ1) is 37.9. The van der Waals surface area contributed by atoms with Gasteiger partial charge in [-0.1, -0.05) is 0 Å². The molecule has 0 saturated carbocycles. The van der Waals surface area contributed by atoms with Gasteiger partial charge in [-0.15, -0.1) is 0 Å². The molecule has 1 aliphatic heterocycles. The molecule has 0 unspecified atom stereocenters. The van der Waals surface area contributed by atoms with E-state index in [1.165, 1.54) is 134 Å². The van der Waals surface area contributed by atoms with E-state index in [1.807, 2.05) is 0 Å². The summed E-state index contributed by atoms with van der Waals surface area (Å²) in [5.74, 6) is 2.51. The van der Waals surface area contributed by atoms with Gasteiger partial charge in [0.15, 0.2) is 0 Å². The van der Waals surface area contributed by atoms with Crippen molar-refractivity contribution in [2.45, 2.75) is 189 Å². The molecule has 0 radical (unpaired) electrons. The normalized spacial score (nSPS) is 16.8. The van der Waals surface area contributed by atoms with Crippen LogP contribution in [0.3, 0.4) is 0 Å². The molecule has 2 rings (SSSR count). The zero-order chi connectivity index (χ0) is 30.7. The first-order chi connectivity index (χ1) is 20.2. The number of rotatable bonds is 24. The van der Waals surface area contributed by atoms with Crippen LogP contribution in [0.25, 0.3) is 3.59 Å². The van der Waals surface area contributed by atoms with Crippen LogP contribution in [-0.4, -0.2) is 36.7 Å². The van der Waals surface area contributed by atoms with Gasteiger partial charge in [-0.25, -0.2) is 0 Å². The van der Waals surface area contributed by atoms with Gasteiger partial charge in [-0.2, -0.15) is 0 Å². The van der Waals surface area contributed by atoms with Crippen molar-refractivity contribution < 1.29 is 9.31 Å². The predicted octanol–water partition coefficient (Wildman–Crippen LogP) is 12.8. The van der Waals surface area contributed by atoms with Crippen LogP contribution < -0.4 is 0 Å². The molecule has 0 spiro atoms. The van der Waals surface area contributed by atoms with Crippen LogP contribution in [0.15, 0.2) is 36.3 Å². The Morgan fingerprint density at radius 2 is 0.929 bits per heavy atom. The van der Waals surface area contributed by atoms with Crippen LogP contribution in [0.2, 0.25) is 13.3 Å². The average Bonchev–Trinajstić information content (AvgIpc) is 3.18. The molecule has 2 nitrogen and oxygen atoms in total. The van der Waals surface area contributed by atoms with E-state index in [0.29, 0.717) is 0 Å². The van der Waals surface area contributed by atoms with Crippen LogP contribution in [-0.2, 0) is 9.31 Å². The van der Waals surface area contributed by atoms with E-state index < -0.39 is 18.4 Å². The third-order valence-electron chi connectivity index (χ3n) is 10.3. The van der Waals surface area contributed by atoms with E-state index in [2.05, 4.69) is 84.8 Å². The Bertz CT molecular complexity index is 793. The maximum atomic E-state index is 6.66. The Morgan fingerprint density at radius 1 is 0.571 bits per heavy atom. The number of benzene rings is 1. The van der Waals surface area contributed by atoms with Gasteiger partial charge >= 0.3 is 269 Å². The SMILES string of the molecule is CCCCCCC[CH2][Sn]([CH2]CCCCCCC)([CH2]CCCCCCC)/[C](=C/B1OC(C)(C)C(C)(C)O1)c1ccccc1. The Morgan fingerprint density at radius 3 is 1.31 bits per heavy atom. The topological polar surface area (TPSA) is 18.5 Å². The van der Waals surface area contributed by atoms with Gasteiger partial charge in [0, 0.05) is 0 Å². The standard InChI is InChI=1S/C14H18BO2.3C8H17.Sn/c1-13(2)14(3,4)17-15(16-13)11-10-12-8-6-5-7-9-12;3*1-3-5-7-8-6-4-2;/h5-9,11H,1-4H3;3*1,3-8H2,2H3;. The fourth-order valence-corrected chi connectivity index (χ4v) is 22.8. The fourth-order valence-electron chi connectivity index (χ4n) is 6.80. The van der Waals surface area contributed by atoms with E-state index in [4.69, 9.17) is 9.31 Å². The van der Waals surface area contributed by atoms with Crippen molar-refractivity contribution >= 4 is 29.1 Å². The van der Waals surface area contributed by atoms with Gasteiger partial charge in [0.25, 0.3) is 0 Å². The van der Waals surface area contributed by atoms with Crippen molar-refractivity contribution in [1.29, 1.82) is 0 Å². The summed E-state index contributed by atoms with van der Waals surface area (Å²) in [5, 5.41) is 0. The van der Waals surface area contributed by atoms with Crippen LogP contribution in [0.1, 0.15) is 170 Å². The van der Waals surface area contributed by atoms with Gasteiger partial charge < -0.3 is 0 Å². The molecule has 1 aromatic carbocycles. The molecule has 1 fully saturated rings. The third kappa shape index (κ3) is 13.0. The Hall–Kier alpha value is -0.256. The van der Waals surface area contributed by atoms with Crippen molar-refractivity contribution in [3.05, 3.63) is 41.9 Å². The summed E-state index contributed by atoms with van der Waals surface area (Å²) in [6, 6.07) is 11.5. The molecular formula is C38H69BO2Sn. The number of hydrogen-bond donors (Lipinski definition) is 0. The second kappa shape index (κ2) is 20.7. The van der Waals surface area contributed by atoms with Crippen molar-refractivity contribution in [2.24, 2.45) is 0 Å². The monoisotopic (exact) mass is 688 g/mol. The molecule has 0 bridgehead atoms. The Labute approximate surface area is 267 Å². The summed E-state index contributed by atoms with van der Waals surface area (Å²) in [6.45, 7) is 15.8. The number of hydrogen-bond acceptors (Lipinski definition) is 2. The van der Waals surface area contributed by atoms with E-state index >= 15 is 0 Å². The van der Waals surface area contributed by atoms with Crippen LogP contribution >= 0.6 is 0 Å². The van der Waals surface area contributed by atoms with Gasteiger partial charge in [0.05, 0.1) is 0 Å². The molecule has 1 saturated heterocycles. The van der Waals surface area contributed by atoms with E-state index in [0.717, 1.165) is 0 Å². The van der Waals surface area contributed by atoms with E-state index in [9.17, 15) is 0 Å². The average molecular weight is 687 g/mol. The fraction of sp³-hybridized carbons (Fsp3) is 0.789. The molecule has 0 atom stereocenters. The minimum atomic E-state index is -2.86. The second-order valence-electron chi connectivity index (χ2n) is 14.4. The molecule has 1 aliphatic rings. The van der Waals surface area contributed by atoms with Crippen molar-refractivity contribution in [2.75, 3.05) is 0 Å². The first-order valence-electron chi connectivity index (χ1n) is 18.3. The summed E-state index contributed by atoms with van der Waals surface area (Å²) < 4.78 is 19.5. The van der Waals surface area contributed by atoms with Crippen LogP contribution in [0.5, 0.6) is 0 Å². The molecule has 1 aromatic rings. The zero-order valence-corrected chi connectivity index (χ0v) is 32.1. The van der Waals surface area contributed by atoms with Crippen molar-refractivity contribution in [3.8, 4) is 0 Å². The van der Waals surface area contributed by atoms with Gasteiger partial charge in [-0.05, 0) is 0 Å². The zero-order valence-electron chi connectivity index (χ0n) is 29.2. The third-order valence-corrected chi connectivity index (χ3v) is 26.0.